The summed E-state index contributed by atoms with van der Waals surface area (Å²) in [6, 6.07) is 21.5. The van der Waals surface area contributed by atoms with Gasteiger partial charge in [-0.1, -0.05) is 60.7 Å². The van der Waals surface area contributed by atoms with Crippen molar-refractivity contribution in [1.82, 2.24) is 9.62 Å². The van der Waals surface area contributed by atoms with Crippen molar-refractivity contribution in [3.8, 4) is 16.2 Å². The fraction of sp³-hybridized carbons (Fsp3) is 0.261. The van der Waals surface area contributed by atoms with Gasteiger partial charge in [0.25, 0.3) is 5.91 Å². The van der Waals surface area contributed by atoms with Crippen LogP contribution in [0.4, 0.5) is 0 Å². The largest absolute Gasteiger partial charge is 0.487 e. The van der Waals surface area contributed by atoms with Crippen LogP contribution in [0.2, 0.25) is 0 Å². The minimum absolute atomic E-state index is 0.184. The Bertz CT molecular complexity index is 1130. The second-order valence-electron chi connectivity index (χ2n) is 7.27. The molecule has 31 heavy (non-hydrogen) atoms. The normalized spacial score (nSPS) is 15.6. The summed E-state index contributed by atoms with van der Waals surface area (Å²) in [5, 5.41) is 2.85. The number of thiophene rings is 1. The van der Waals surface area contributed by atoms with Crippen LogP contribution in [-0.2, 0) is 16.6 Å². The Morgan fingerprint density at radius 2 is 1.77 bits per heavy atom. The quantitative estimate of drug-likeness (QED) is 0.560. The lowest BCUT2D eigenvalue weighted by molar-refractivity contribution is 0.0952. The van der Waals surface area contributed by atoms with Gasteiger partial charge in [-0.05, 0) is 23.6 Å². The zero-order valence-electron chi connectivity index (χ0n) is 17.0. The summed E-state index contributed by atoms with van der Waals surface area (Å²) in [4.78, 5) is 14.3. The molecular formula is C23H24N2O4S2. The van der Waals surface area contributed by atoms with Gasteiger partial charge >= 0.3 is 0 Å². The zero-order valence-corrected chi connectivity index (χ0v) is 18.6. The molecule has 2 aromatic carbocycles. The Hall–Kier alpha value is -2.68. The lowest BCUT2D eigenvalue weighted by Crippen LogP contribution is -2.35. The minimum atomic E-state index is -3.17. The molecule has 6 nitrogen and oxygen atoms in total. The molecule has 0 saturated carbocycles. The molecule has 1 saturated heterocycles. The Morgan fingerprint density at radius 1 is 1.06 bits per heavy atom. The molecule has 0 unspecified atom stereocenters. The third kappa shape index (κ3) is 5.33. The predicted molar refractivity (Wildman–Crippen MR) is 123 cm³/mol. The van der Waals surface area contributed by atoms with E-state index in [1.807, 2.05) is 66.7 Å². The molecule has 3 aromatic rings. The molecule has 1 aromatic heterocycles. The smallest absolute Gasteiger partial charge is 0.265 e. The van der Waals surface area contributed by atoms with Crippen molar-refractivity contribution < 1.29 is 17.9 Å². The zero-order chi connectivity index (χ0) is 21.7. The second kappa shape index (κ2) is 9.64. The van der Waals surface area contributed by atoms with E-state index in [9.17, 15) is 13.2 Å². The Balaban J connectivity index is 1.48. The van der Waals surface area contributed by atoms with Crippen LogP contribution in [0.25, 0.3) is 10.4 Å². The number of hydrogen-bond donors (Lipinski definition) is 1. The molecule has 0 bridgehead atoms. The first-order valence-corrected chi connectivity index (χ1v) is 12.6. The number of amides is 1. The Morgan fingerprint density at radius 3 is 2.45 bits per heavy atom. The number of sulfonamides is 1. The van der Waals surface area contributed by atoms with Crippen molar-refractivity contribution in [3.05, 3.63) is 77.2 Å². The molecule has 1 fully saturated rings. The third-order valence-corrected chi connectivity index (χ3v) is 8.17. The van der Waals surface area contributed by atoms with Crippen molar-refractivity contribution >= 4 is 27.3 Å². The fourth-order valence-corrected chi connectivity index (χ4v) is 5.99. The molecule has 4 rings (SSSR count). The van der Waals surface area contributed by atoms with Gasteiger partial charge in [0.2, 0.25) is 10.0 Å². The lowest BCUT2D eigenvalue weighted by Gasteiger charge is -2.14. The average molecular weight is 457 g/mol. The van der Waals surface area contributed by atoms with Crippen LogP contribution >= 0.6 is 11.3 Å². The van der Waals surface area contributed by atoms with Gasteiger partial charge < -0.3 is 10.1 Å². The number of benzene rings is 2. The molecule has 0 radical (unpaired) electrons. The number of hydrogen-bond acceptors (Lipinski definition) is 5. The van der Waals surface area contributed by atoms with Crippen LogP contribution in [0.3, 0.4) is 0 Å². The van der Waals surface area contributed by atoms with Gasteiger partial charge in [-0.2, -0.15) is 0 Å². The van der Waals surface area contributed by atoms with Crippen LogP contribution in [0.1, 0.15) is 21.7 Å². The molecule has 1 aliphatic heterocycles. The predicted octanol–water partition coefficient (Wildman–Crippen LogP) is 3.76. The van der Waals surface area contributed by atoms with E-state index in [-0.39, 0.29) is 24.7 Å². The highest BCUT2D eigenvalue weighted by molar-refractivity contribution is 7.89. The average Bonchev–Trinajstić information content (AvgIpc) is 3.36. The van der Waals surface area contributed by atoms with Gasteiger partial charge in [0.1, 0.15) is 17.2 Å². The molecule has 1 amide bonds. The Kier molecular flexibility index (Phi) is 6.70. The van der Waals surface area contributed by atoms with Crippen LogP contribution in [0, 0.1) is 0 Å². The van der Waals surface area contributed by atoms with E-state index in [1.54, 1.807) is 0 Å². The van der Waals surface area contributed by atoms with E-state index in [4.69, 9.17) is 4.74 Å². The summed E-state index contributed by atoms with van der Waals surface area (Å²) in [5.74, 6) is 0.454. The molecule has 0 atom stereocenters. The number of nitrogens with one attached hydrogen (secondary N) is 1. The molecule has 0 spiro atoms. The van der Waals surface area contributed by atoms with E-state index in [1.165, 1.54) is 15.6 Å². The summed E-state index contributed by atoms with van der Waals surface area (Å²) in [6.45, 7) is 1.42. The van der Waals surface area contributed by atoms with Gasteiger partial charge in [0.05, 0.1) is 5.75 Å². The van der Waals surface area contributed by atoms with Crippen molar-refractivity contribution in [2.45, 2.75) is 13.0 Å². The molecule has 1 aliphatic rings. The standard InChI is InChI=1S/C23H24N2O4S2/c26-23(24-12-14-25-13-7-15-31(25,27)28)22-20(29-17-18-8-3-1-4-9-18)16-21(30-22)19-10-5-2-6-11-19/h1-6,8-11,16H,7,12-15,17H2,(H,24,26). The van der Waals surface area contributed by atoms with Gasteiger partial charge in [-0.3, -0.25) is 4.79 Å². The van der Waals surface area contributed by atoms with Crippen LogP contribution in [0.5, 0.6) is 5.75 Å². The first-order valence-electron chi connectivity index (χ1n) is 10.1. The highest BCUT2D eigenvalue weighted by Gasteiger charge is 2.28. The number of carbonyl (C=O) groups is 1. The van der Waals surface area contributed by atoms with Crippen LogP contribution in [-0.4, -0.2) is 44.0 Å². The molecule has 8 heteroatoms. The van der Waals surface area contributed by atoms with Gasteiger partial charge in [0, 0.05) is 24.5 Å². The summed E-state index contributed by atoms with van der Waals surface area (Å²) >= 11 is 1.37. The van der Waals surface area contributed by atoms with E-state index >= 15 is 0 Å². The minimum Gasteiger partial charge on any atom is -0.487 e. The van der Waals surface area contributed by atoms with Crippen molar-refractivity contribution in [2.24, 2.45) is 0 Å². The monoisotopic (exact) mass is 456 g/mol. The van der Waals surface area contributed by atoms with E-state index in [0.717, 1.165) is 16.0 Å². The van der Waals surface area contributed by atoms with Crippen molar-refractivity contribution in [1.29, 1.82) is 0 Å². The number of rotatable bonds is 8. The Labute approximate surface area is 186 Å². The summed E-state index contributed by atoms with van der Waals surface area (Å²) in [6.07, 6.45) is 0.638. The summed E-state index contributed by atoms with van der Waals surface area (Å²) in [5.41, 5.74) is 2.03. The van der Waals surface area contributed by atoms with E-state index in [0.29, 0.717) is 30.2 Å². The van der Waals surface area contributed by atoms with Gasteiger partial charge in [0.15, 0.2) is 0 Å². The van der Waals surface area contributed by atoms with E-state index in [2.05, 4.69) is 5.32 Å². The highest BCUT2D eigenvalue weighted by Crippen LogP contribution is 2.36. The molecule has 162 valence electrons. The number of carbonyl (C=O) groups excluding carboxylic acids is 1. The fourth-order valence-electron chi connectivity index (χ4n) is 3.44. The topological polar surface area (TPSA) is 75.7 Å². The number of nitrogens with zero attached hydrogens (tertiary/aromatic N) is 1. The van der Waals surface area contributed by atoms with Crippen LogP contribution < -0.4 is 10.1 Å². The van der Waals surface area contributed by atoms with E-state index < -0.39 is 10.0 Å². The summed E-state index contributed by atoms with van der Waals surface area (Å²) < 4.78 is 31.3. The van der Waals surface area contributed by atoms with Crippen LogP contribution in [0.15, 0.2) is 66.7 Å². The maximum atomic E-state index is 12.9. The number of ether oxygens (including phenoxy) is 1. The SMILES string of the molecule is O=C(NCCN1CCCS1(=O)=O)c1sc(-c2ccccc2)cc1OCc1ccccc1. The first-order chi connectivity index (χ1) is 15.0. The maximum absolute atomic E-state index is 12.9. The van der Waals surface area contributed by atoms with Crippen molar-refractivity contribution in [3.63, 3.8) is 0 Å². The first kappa shape index (κ1) is 21.5. The van der Waals surface area contributed by atoms with Gasteiger partial charge in [-0.15, -0.1) is 11.3 Å². The second-order valence-corrected chi connectivity index (χ2v) is 10.4. The summed E-state index contributed by atoms with van der Waals surface area (Å²) in [7, 11) is -3.17. The molecule has 0 aliphatic carbocycles. The molecule has 1 N–H and O–H groups in total. The molecule has 2 heterocycles. The third-order valence-electron chi connectivity index (χ3n) is 5.05. The van der Waals surface area contributed by atoms with Gasteiger partial charge in [-0.25, -0.2) is 12.7 Å². The lowest BCUT2D eigenvalue weighted by atomic mass is 10.2. The molecular weight excluding hydrogens is 432 g/mol. The maximum Gasteiger partial charge on any atom is 0.265 e. The van der Waals surface area contributed by atoms with Crippen molar-refractivity contribution in [2.75, 3.05) is 25.4 Å². The highest BCUT2D eigenvalue weighted by atomic mass is 32.2.